The van der Waals surface area contributed by atoms with E-state index in [9.17, 15) is 4.79 Å². The molecule has 0 amide bonds. The van der Waals surface area contributed by atoms with Crippen molar-refractivity contribution >= 4 is 22.6 Å². The first-order chi connectivity index (χ1) is 7.60. The molecule has 0 aliphatic carbocycles. The number of benzene rings is 1. The molecule has 0 aliphatic rings. The molecule has 3 nitrogen and oxygen atoms in total. The fourth-order valence-corrected chi connectivity index (χ4v) is 1.56. The van der Waals surface area contributed by atoms with Crippen molar-refractivity contribution in [2.24, 2.45) is 0 Å². The lowest BCUT2D eigenvalue weighted by molar-refractivity contribution is 0.103. The maximum Gasteiger partial charge on any atom is 0.198 e. The first-order valence-electron chi connectivity index (χ1n) is 4.68. The van der Waals surface area contributed by atoms with E-state index in [0.29, 0.717) is 11.8 Å². The van der Waals surface area contributed by atoms with Crippen LogP contribution in [-0.4, -0.2) is 22.2 Å². The normalized spacial score (nSPS) is 11.2. The Morgan fingerprint density at radius 2 is 1.94 bits per heavy atom. The van der Waals surface area contributed by atoms with E-state index in [-0.39, 0.29) is 16.4 Å². The summed E-state index contributed by atoms with van der Waals surface area (Å²) in [4.78, 5) is 11.9. The van der Waals surface area contributed by atoms with Crippen LogP contribution in [0.4, 0.5) is 0 Å². The number of carbonyl (C=O) groups is 1. The van der Waals surface area contributed by atoms with Crippen LogP contribution in [0, 0.1) is 12.3 Å². The molecule has 0 bridgehead atoms. The first-order valence-corrected chi connectivity index (χ1v) is 5.91. The number of aliphatic hydroxyl groups is 1. The third kappa shape index (κ3) is 2.73. The highest BCUT2D eigenvalue weighted by molar-refractivity contribution is 8.13. The van der Waals surface area contributed by atoms with Gasteiger partial charge in [-0.2, -0.15) is 0 Å². The van der Waals surface area contributed by atoms with E-state index in [4.69, 9.17) is 10.5 Å². The molecule has 0 radical (unpaired) electrons. The molecule has 0 saturated carbocycles. The molecule has 0 aliphatic heterocycles. The number of carbonyl (C=O) groups excluding carboxylic acids is 1. The summed E-state index contributed by atoms with van der Waals surface area (Å²) in [6.07, 6.45) is 2.38. The molecule has 0 fully saturated rings. The Morgan fingerprint density at radius 1 is 1.38 bits per heavy atom. The Balaban J connectivity index is 3.01. The van der Waals surface area contributed by atoms with Gasteiger partial charge in [-0.25, -0.2) is 0 Å². The molecule has 16 heavy (non-hydrogen) atoms. The molecule has 1 aromatic carbocycles. The zero-order chi connectivity index (χ0) is 12.1. The van der Waals surface area contributed by atoms with Crippen LogP contribution < -0.4 is 0 Å². The highest BCUT2D eigenvalue weighted by Crippen LogP contribution is 2.14. The Kier molecular flexibility index (Phi) is 4.31. The Hall–Kier alpha value is -1.55. The van der Waals surface area contributed by atoms with E-state index in [1.165, 1.54) is 0 Å². The maximum absolute atomic E-state index is 11.9. The molecule has 0 atom stereocenters. The number of thioether (sulfide) groups is 1. The summed E-state index contributed by atoms with van der Waals surface area (Å²) in [5, 5.41) is 16.6. The van der Waals surface area contributed by atoms with Gasteiger partial charge in [0.15, 0.2) is 5.78 Å². The van der Waals surface area contributed by atoms with Gasteiger partial charge in [0.1, 0.15) is 5.04 Å². The average Bonchev–Trinajstić information content (AvgIpc) is 2.30. The van der Waals surface area contributed by atoms with E-state index < -0.39 is 0 Å². The van der Waals surface area contributed by atoms with Crippen molar-refractivity contribution in [2.45, 2.75) is 6.92 Å². The number of nitrogens with one attached hydrogen (secondary N) is 1. The fourth-order valence-electron chi connectivity index (χ4n) is 1.19. The van der Waals surface area contributed by atoms with Gasteiger partial charge in [0.05, 0.1) is 11.8 Å². The van der Waals surface area contributed by atoms with Gasteiger partial charge in [0.25, 0.3) is 0 Å². The number of aryl methyl sites for hydroxylation is 1. The first kappa shape index (κ1) is 12.5. The van der Waals surface area contributed by atoms with Gasteiger partial charge in [-0.1, -0.05) is 29.8 Å². The van der Waals surface area contributed by atoms with Crippen LogP contribution in [0.2, 0.25) is 0 Å². The van der Waals surface area contributed by atoms with E-state index >= 15 is 0 Å². The van der Waals surface area contributed by atoms with Crippen molar-refractivity contribution in [3.63, 3.8) is 0 Å². The molecule has 0 saturated heterocycles. The van der Waals surface area contributed by atoms with Crippen molar-refractivity contribution in [3.05, 3.63) is 47.2 Å². The molecule has 4 heteroatoms. The van der Waals surface area contributed by atoms with Crippen molar-refractivity contribution in [2.75, 3.05) is 6.26 Å². The summed E-state index contributed by atoms with van der Waals surface area (Å²) in [6, 6.07) is 7.03. The van der Waals surface area contributed by atoms with Crippen molar-refractivity contribution in [3.8, 4) is 0 Å². The SMILES string of the molecule is CSC(=N)C(=CO)C(=O)c1ccc(C)cc1. The number of rotatable bonds is 3. The average molecular weight is 235 g/mol. The number of Topliss-reactive ketones (excluding diaryl/α,β-unsaturated/α-hetero) is 1. The van der Waals surface area contributed by atoms with Gasteiger partial charge in [-0.3, -0.25) is 10.2 Å². The zero-order valence-electron chi connectivity index (χ0n) is 9.15. The lowest BCUT2D eigenvalue weighted by atomic mass is 10.0. The highest BCUT2D eigenvalue weighted by Gasteiger charge is 2.16. The quantitative estimate of drug-likeness (QED) is 0.278. The second kappa shape index (κ2) is 5.51. The minimum Gasteiger partial charge on any atom is -0.515 e. The molecular formula is C12H13NO2S. The van der Waals surface area contributed by atoms with Gasteiger partial charge in [-0.15, -0.1) is 11.8 Å². The molecule has 2 N–H and O–H groups in total. The standard InChI is InChI=1S/C12H13NO2S/c1-8-3-5-9(6-4-8)11(15)10(7-14)12(13)16-2/h3-7,13-14H,1-2H3. The third-order valence-electron chi connectivity index (χ3n) is 2.14. The second-order valence-electron chi connectivity index (χ2n) is 3.27. The van der Waals surface area contributed by atoms with E-state index in [0.717, 1.165) is 17.3 Å². The lowest BCUT2D eigenvalue weighted by Crippen LogP contribution is -2.10. The van der Waals surface area contributed by atoms with Crippen LogP contribution in [0.25, 0.3) is 0 Å². The molecule has 0 aromatic heterocycles. The Labute approximate surface area is 98.7 Å². The van der Waals surface area contributed by atoms with Crippen LogP contribution in [0.15, 0.2) is 36.1 Å². The summed E-state index contributed by atoms with van der Waals surface area (Å²) in [6.45, 7) is 1.93. The Bertz CT molecular complexity index is 435. The highest BCUT2D eigenvalue weighted by atomic mass is 32.2. The molecule has 0 unspecified atom stereocenters. The third-order valence-corrected chi connectivity index (χ3v) is 2.76. The van der Waals surface area contributed by atoms with Gasteiger partial charge >= 0.3 is 0 Å². The largest absolute Gasteiger partial charge is 0.515 e. The molecular weight excluding hydrogens is 222 g/mol. The van der Waals surface area contributed by atoms with Gasteiger partial charge in [0, 0.05) is 5.56 Å². The molecule has 0 spiro atoms. The summed E-state index contributed by atoms with van der Waals surface area (Å²) in [5.74, 6) is -0.332. The minimum atomic E-state index is -0.332. The fraction of sp³-hybridized carbons (Fsp3) is 0.167. The minimum absolute atomic E-state index is 0.0244. The number of hydrogen-bond acceptors (Lipinski definition) is 4. The summed E-state index contributed by atoms with van der Waals surface area (Å²) >= 11 is 1.12. The predicted molar refractivity (Wildman–Crippen MR) is 67.5 cm³/mol. The topological polar surface area (TPSA) is 61.1 Å². The summed E-state index contributed by atoms with van der Waals surface area (Å²) in [5.41, 5.74) is 1.56. The summed E-state index contributed by atoms with van der Waals surface area (Å²) in [7, 11) is 0. The van der Waals surface area contributed by atoms with Crippen LogP contribution in [0.1, 0.15) is 15.9 Å². The summed E-state index contributed by atoms with van der Waals surface area (Å²) < 4.78 is 0. The molecule has 1 aromatic rings. The van der Waals surface area contributed by atoms with Crippen LogP contribution >= 0.6 is 11.8 Å². The van der Waals surface area contributed by atoms with Crippen LogP contribution in [-0.2, 0) is 0 Å². The lowest BCUT2D eigenvalue weighted by Gasteiger charge is -2.05. The van der Waals surface area contributed by atoms with Gasteiger partial charge in [0.2, 0.25) is 0 Å². The van der Waals surface area contributed by atoms with Crippen molar-refractivity contribution in [1.29, 1.82) is 5.41 Å². The number of ketones is 1. The maximum atomic E-state index is 11.9. The monoisotopic (exact) mass is 235 g/mol. The number of aliphatic hydroxyl groups excluding tert-OH is 1. The van der Waals surface area contributed by atoms with Crippen molar-refractivity contribution < 1.29 is 9.90 Å². The van der Waals surface area contributed by atoms with E-state index in [2.05, 4.69) is 0 Å². The molecule has 84 valence electrons. The second-order valence-corrected chi connectivity index (χ2v) is 4.09. The molecule has 0 heterocycles. The van der Waals surface area contributed by atoms with Crippen LogP contribution in [0.5, 0.6) is 0 Å². The van der Waals surface area contributed by atoms with Crippen molar-refractivity contribution in [1.82, 2.24) is 0 Å². The Morgan fingerprint density at radius 3 is 2.38 bits per heavy atom. The van der Waals surface area contributed by atoms with E-state index in [1.54, 1.807) is 18.4 Å². The zero-order valence-corrected chi connectivity index (χ0v) is 9.97. The van der Waals surface area contributed by atoms with Gasteiger partial charge in [-0.05, 0) is 13.2 Å². The molecule has 1 rings (SSSR count). The predicted octanol–water partition coefficient (Wildman–Crippen LogP) is 2.96. The van der Waals surface area contributed by atoms with Gasteiger partial charge < -0.3 is 5.11 Å². The number of hydrogen-bond donors (Lipinski definition) is 2. The van der Waals surface area contributed by atoms with E-state index in [1.807, 2.05) is 19.1 Å². The van der Waals surface area contributed by atoms with Crippen LogP contribution in [0.3, 0.4) is 0 Å². The smallest absolute Gasteiger partial charge is 0.198 e.